The number of para-hydroxylation sites is 1. The highest BCUT2D eigenvalue weighted by molar-refractivity contribution is 6.04. The van der Waals surface area contributed by atoms with E-state index in [1.807, 2.05) is 13.8 Å². The number of nitrogens with zero attached hydrogens (tertiary/aromatic N) is 2. The van der Waals surface area contributed by atoms with Gasteiger partial charge in [-0.05, 0) is 69.1 Å². The summed E-state index contributed by atoms with van der Waals surface area (Å²) in [6, 6.07) is 9.60. The maximum atomic E-state index is 13.5. The SMILES string of the molecule is C[C@@H]1CN([C@H](C)CO)C(=O)c2cccc(NC(=O)Nc3ccc(F)cc3)c2O[C@@H]1CN(C)CC1CC1. The molecule has 194 valence electrons. The third-order valence-corrected chi connectivity index (χ3v) is 6.80. The van der Waals surface area contributed by atoms with Crippen LogP contribution in [0.3, 0.4) is 0 Å². The van der Waals surface area contributed by atoms with Crippen LogP contribution in [0.1, 0.15) is 37.0 Å². The highest BCUT2D eigenvalue weighted by atomic mass is 19.1. The van der Waals surface area contributed by atoms with Crippen molar-refractivity contribution in [1.29, 1.82) is 0 Å². The summed E-state index contributed by atoms with van der Waals surface area (Å²) in [5, 5.41) is 15.3. The minimum Gasteiger partial charge on any atom is -0.486 e. The third-order valence-electron chi connectivity index (χ3n) is 6.80. The Hall–Kier alpha value is -3.17. The van der Waals surface area contributed by atoms with Gasteiger partial charge in [-0.25, -0.2) is 9.18 Å². The Morgan fingerprint density at radius 2 is 1.92 bits per heavy atom. The van der Waals surface area contributed by atoms with Gasteiger partial charge in [-0.2, -0.15) is 0 Å². The number of fused-ring (bicyclic) bond motifs is 1. The molecule has 1 aliphatic carbocycles. The average molecular weight is 499 g/mol. The molecule has 1 fully saturated rings. The summed E-state index contributed by atoms with van der Waals surface area (Å²) < 4.78 is 19.7. The van der Waals surface area contributed by atoms with Crippen LogP contribution >= 0.6 is 0 Å². The number of benzene rings is 2. The number of urea groups is 1. The van der Waals surface area contributed by atoms with Crippen molar-refractivity contribution in [3.05, 3.63) is 53.8 Å². The summed E-state index contributed by atoms with van der Waals surface area (Å²) in [6.45, 7) is 5.82. The number of carbonyl (C=O) groups excluding carboxylic acids is 2. The van der Waals surface area contributed by atoms with Gasteiger partial charge in [0, 0.05) is 31.2 Å². The number of aliphatic hydroxyl groups is 1. The van der Waals surface area contributed by atoms with Crippen LogP contribution in [0, 0.1) is 17.7 Å². The van der Waals surface area contributed by atoms with E-state index in [0.717, 1.165) is 12.5 Å². The predicted molar refractivity (Wildman–Crippen MR) is 137 cm³/mol. The molecule has 8 nitrogen and oxygen atoms in total. The zero-order valence-electron chi connectivity index (χ0n) is 21.0. The van der Waals surface area contributed by atoms with Crippen LogP contribution in [-0.4, -0.2) is 72.3 Å². The molecule has 0 radical (unpaired) electrons. The molecule has 1 saturated carbocycles. The number of nitrogens with one attached hydrogen (secondary N) is 2. The maximum Gasteiger partial charge on any atom is 0.323 e. The second kappa shape index (κ2) is 11.3. The lowest BCUT2D eigenvalue weighted by atomic mass is 9.99. The minimum absolute atomic E-state index is 0.0150. The summed E-state index contributed by atoms with van der Waals surface area (Å²) >= 11 is 0. The van der Waals surface area contributed by atoms with Crippen LogP contribution < -0.4 is 15.4 Å². The minimum atomic E-state index is -0.538. The average Bonchev–Trinajstić information content (AvgIpc) is 3.66. The Morgan fingerprint density at radius 1 is 1.19 bits per heavy atom. The fourth-order valence-electron chi connectivity index (χ4n) is 4.50. The first kappa shape index (κ1) is 25.9. The van der Waals surface area contributed by atoms with Gasteiger partial charge >= 0.3 is 6.03 Å². The zero-order valence-corrected chi connectivity index (χ0v) is 21.0. The molecule has 0 bridgehead atoms. The van der Waals surface area contributed by atoms with Crippen molar-refractivity contribution in [1.82, 2.24) is 9.80 Å². The van der Waals surface area contributed by atoms with E-state index >= 15 is 0 Å². The molecule has 36 heavy (non-hydrogen) atoms. The number of aliphatic hydroxyl groups excluding tert-OH is 1. The lowest BCUT2D eigenvalue weighted by Gasteiger charge is -2.38. The molecule has 3 atom stereocenters. The van der Waals surface area contributed by atoms with Crippen molar-refractivity contribution in [2.45, 2.75) is 38.8 Å². The molecule has 1 aliphatic heterocycles. The number of halogens is 1. The van der Waals surface area contributed by atoms with Crippen LogP contribution in [0.15, 0.2) is 42.5 Å². The fourth-order valence-corrected chi connectivity index (χ4v) is 4.50. The van der Waals surface area contributed by atoms with Gasteiger partial charge in [0.2, 0.25) is 0 Å². The molecule has 3 amide bonds. The maximum absolute atomic E-state index is 13.5. The van der Waals surface area contributed by atoms with Crippen molar-refractivity contribution in [3.8, 4) is 5.75 Å². The van der Waals surface area contributed by atoms with Gasteiger partial charge in [0.05, 0.1) is 23.9 Å². The zero-order chi connectivity index (χ0) is 25.8. The Labute approximate surface area is 211 Å². The summed E-state index contributed by atoms with van der Waals surface area (Å²) in [7, 11) is 2.08. The number of hydrogen-bond acceptors (Lipinski definition) is 5. The first-order chi connectivity index (χ1) is 17.2. The lowest BCUT2D eigenvalue weighted by Crippen LogP contribution is -2.50. The molecular formula is C27H35FN4O4. The number of amides is 3. The van der Waals surface area contributed by atoms with E-state index in [9.17, 15) is 19.1 Å². The molecule has 2 aromatic carbocycles. The molecule has 0 spiro atoms. The Bertz CT molecular complexity index is 1080. The van der Waals surface area contributed by atoms with Gasteiger partial charge in [-0.1, -0.05) is 13.0 Å². The standard InChI is InChI=1S/C27H35FN4O4/c1-17-13-32(18(2)16-33)26(34)22-5-4-6-23(30-27(35)29-21-11-9-20(28)10-12-21)25(22)36-24(17)15-31(3)14-19-7-8-19/h4-6,9-12,17-19,24,33H,7-8,13-16H2,1-3H3,(H2,29,30,35)/t17-,18-,24-/m1/s1. The van der Waals surface area contributed by atoms with E-state index in [4.69, 9.17) is 4.74 Å². The molecule has 4 rings (SSSR count). The molecule has 2 aromatic rings. The first-order valence-corrected chi connectivity index (χ1v) is 12.5. The molecule has 1 heterocycles. The van der Waals surface area contributed by atoms with E-state index in [1.54, 1.807) is 23.1 Å². The monoisotopic (exact) mass is 498 g/mol. The second-order valence-corrected chi connectivity index (χ2v) is 10.1. The smallest absolute Gasteiger partial charge is 0.323 e. The Kier molecular flexibility index (Phi) is 8.11. The molecule has 2 aliphatic rings. The quantitative estimate of drug-likeness (QED) is 0.511. The summed E-state index contributed by atoms with van der Waals surface area (Å²) in [5.74, 6) is 0.365. The predicted octanol–water partition coefficient (Wildman–Crippen LogP) is 4.03. The Balaban J connectivity index is 1.62. The molecule has 9 heteroatoms. The summed E-state index contributed by atoms with van der Waals surface area (Å²) in [6.07, 6.45) is 2.26. The number of rotatable bonds is 8. The van der Waals surface area contributed by atoms with Gasteiger partial charge in [0.25, 0.3) is 5.91 Å². The van der Waals surface area contributed by atoms with E-state index in [2.05, 4.69) is 22.6 Å². The topological polar surface area (TPSA) is 94.1 Å². The van der Waals surface area contributed by atoms with E-state index < -0.39 is 11.8 Å². The lowest BCUT2D eigenvalue weighted by molar-refractivity contribution is 0.0346. The van der Waals surface area contributed by atoms with Crippen LogP contribution in [0.5, 0.6) is 5.75 Å². The summed E-state index contributed by atoms with van der Waals surface area (Å²) in [5.41, 5.74) is 1.12. The third kappa shape index (κ3) is 6.33. The van der Waals surface area contributed by atoms with Crippen LogP contribution in [-0.2, 0) is 0 Å². The van der Waals surface area contributed by atoms with Gasteiger partial charge in [0.1, 0.15) is 11.9 Å². The molecule has 0 aromatic heterocycles. The van der Waals surface area contributed by atoms with Crippen molar-refractivity contribution < 1.29 is 23.8 Å². The van der Waals surface area contributed by atoms with E-state index in [-0.39, 0.29) is 30.6 Å². The summed E-state index contributed by atoms with van der Waals surface area (Å²) in [4.78, 5) is 30.2. The molecule has 0 unspecified atom stereocenters. The second-order valence-electron chi connectivity index (χ2n) is 10.1. The highest BCUT2D eigenvalue weighted by Gasteiger charge is 2.35. The number of ether oxygens (including phenoxy) is 1. The van der Waals surface area contributed by atoms with Crippen LogP contribution in [0.4, 0.5) is 20.6 Å². The van der Waals surface area contributed by atoms with Gasteiger partial charge in [0.15, 0.2) is 5.75 Å². The largest absolute Gasteiger partial charge is 0.486 e. The molecule has 0 saturated heterocycles. The van der Waals surface area contributed by atoms with Crippen molar-refractivity contribution in [2.24, 2.45) is 11.8 Å². The number of hydrogen-bond donors (Lipinski definition) is 3. The number of anilines is 2. The van der Waals surface area contributed by atoms with Gasteiger partial charge in [-0.3, -0.25) is 4.79 Å². The first-order valence-electron chi connectivity index (χ1n) is 12.5. The number of likely N-dealkylation sites (N-methyl/N-ethyl adjacent to an activating group) is 1. The van der Waals surface area contributed by atoms with Crippen molar-refractivity contribution in [2.75, 3.05) is 43.9 Å². The van der Waals surface area contributed by atoms with Crippen LogP contribution in [0.25, 0.3) is 0 Å². The van der Waals surface area contributed by atoms with Crippen molar-refractivity contribution in [3.63, 3.8) is 0 Å². The van der Waals surface area contributed by atoms with Crippen LogP contribution in [0.2, 0.25) is 0 Å². The van der Waals surface area contributed by atoms with Gasteiger partial charge < -0.3 is 30.3 Å². The van der Waals surface area contributed by atoms with Crippen molar-refractivity contribution >= 4 is 23.3 Å². The highest BCUT2D eigenvalue weighted by Crippen LogP contribution is 2.35. The molecule has 3 N–H and O–H groups in total. The molecular weight excluding hydrogens is 463 g/mol. The van der Waals surface area contributed by atoms with E-state index in [1.165, 1.54) is 37.1 Å². The number of carbonyl (C=O) groups is 2. The van der Waals surface area contributed by atoms with E-state index in [0.29, 0.717) is 35.8 Å². The fraction of sp³-hybridized carbons (Fsp3) is 0.481. The normalized spacial score (nSPS) is 20.7. The van der Waals surface area contributed by atoms with Gasteiger partial charge in [-0.15, -0.1) is 0 Å². The Morgan fingerprint density at radius 3 is 2.58 bits per heavy atom.